The van der Waals surface area contributed by atoms with Gasteiger partial charge in [-0.15, -0.1) is 11.3 Å². The van der Waals surface area contributed by atoms with Crippen LogP contribution in [0.3, 0.4) is 0 Å². The Balaban J connectivity index is 1.27. The largest absolute Gasteiger partial charge is 0.303 e. The highest BCUT2D eigenvalue weighted by Gasteiger charge is 2.17. The minimum absolute atomic E-state index is 0.306. The van der Waals surface area contributed by atoms with Gasteiger partial charge in [-0.2, -0.15) is 10.2 Å². The molecule has 1 aromatic carbocycles. The van der Waals surface area contributed by atoms with E-state index in [1.54, 1.807) is 39.9 Å². The number of carbonyl (C=O) groups excluding carboxylic acids is 1. The number of fused-ring (bicyclic) bond motifs is 1. The van der Waals surface area contributed by atoms with Crippen molar-refractivity contribution in [2.24, 2.45) is 7.05 Å². The molecule has 36 heavy (non-hydrogen) atoms. The molecule has 9 nitrogen and oxygen atoms in total. The number of hydrogen-bond acceptors (Lipinski definition) is 7. The van der Waals surface area contributed by atoms with Gasteiger partial charge in [0, 0.05) is 36.8 Å². The summed E-state index contributed by atoms with van der Waals surface area (Å²) in [5.41, 5.74) is 4.23. The predicted octanol–water partition coefficient (Wildman–Crippen LogP) is 4.71. The van der Waals surface area contributed by atoms with Gasteiger partial charge >= 0.3 is 0 Å². The van der Waals surface area contributed by atoms with Crippen LogP contribution in [0.2, 0.25) is 0 Å². The minimum atomic E-state index is -0.364. The van der Waals surface area contributed by atoms with Gasteiger partial charge in [0.1, 0.15) is 11.5 Å². The fraction of sp³-hybridized carbons (Fsp3) is 0.0400. The summed E-state index contributed by atoms with van der Waals surface area (Å²) < 4.78 is 16.7. The summed E-state index contributed by atoms with van der Waals surface area (Å²) in [6.07, 6.45) is 6.82. The average molecular weight is 497 g/mol. The zero-order valence-corrected chi connectivity index (χ0v) is 19.6. The third kappa shape index (κ3) is 4.12. The van der Waals surface area contributed by atoms with E-state index in [1.807, 2.05) is 43.6 Å². The quantitative estimate of drug-likeness (QED) is 0.371. The van der Waals surface area contributed by atoms with Crippen molar-refractivity contribution in [1.82, 2.24) is 34.3 Å². The molecular weight excluding hydrogens is 479 g/mol. The lowest BCUT2D eigenvalue weighted by molar-refractivity contribution is 0.102. The van der Waals surface area contributed by atoms with Gasteiger partial charge in [0.05, 0.1) is 22.5 Å². The fourth-order valence-electron chi connectivity index (χ4n) is 3.76. The zero-order valence-electron chi connectivity index (χ0n) is 18.8. The van der Waals surface area contributed by atoms with Gasteiger partial charge in [0.2, 0.25) is 0 Å². The smallest absolute Gasteiger partial charge is 0.285 e. The van der Waals surface area contributed by atoms with E-state index in [4.69, 9.17) is 0 Å². The summed E-state index contributed by atoms with van der Waals surface area (Å²) >= 11 is 1.25. The normalized spacial score (nSPS) is 11.2. The van der Waals surface area contributed by atoms with Gasteiger partial charge in [-0.25, -0.2) is 18.9 Å². The Morgan fingerprint density at radius 2 is 1.83 bits per heavy atom. The summed E-state index contributed by atoms with van der Waals surface area (Å²) in [6.45, 7) is 0. The summed E-state index contributed by atoms with van der Waals surface area (Å²) in [4.78, 5) is 26.5. The number of anilines is 1. The number of aromatic nitrogens is 7. The zero-order chi connectivity index (χ0) is 24.6. The van der Waals surface area contributed by atoms with E-state index < -0.39 is 0 Å². The van der Waals surface area contributed by atoms with Gasteiger partial charge < -0.3 is 5.32 Å². The molecule has 0 bridgehead atoms. The molecule has 0 aliphatic carbocycles. The van der Waals surface area contributed by atoms with Crippen LogP contribution < -0.4 is 5.32 Å². The molecule has 6 rings (SSSR count). The lowest BCUT2D eigenvalue weighted by Gasteiger charge is -2.03. The number of nitrogens with zero attached hydrogens (tertiary/aromatic N) is 7. The van der Waals surface area contributed by atoms with Gasteiger partial charge in [-0.1, -0.05) is 6.07 Å². The standard InChI is InChI=1S/C25H17FN8OS/c1-33-13-17(23(32-33)15-5-7-16(26)8-6-15)18-9-10-22-29-21(14-34(22)31-18)30-24(35)25-28-12-20(36-25)19-4-2-3-11-27-19/h2-14H,1H3,(H,30,35). The minimum Gasteiger partial charge on any atom is -0.303 e. The molecule has 0 saturated carbocycles. The molecule has 0 aliphatic heterocycles. The Morgan fingerprint density at radius 3 is 2.64 bits per heavy atom. The highest BCUT2D eigenvalue weighted by molar-refractivity contribution is 7.17. The number of rotatable bonds is 5. The molecule has 11 heteroatoms. The van der Waals surface area contributed by atoms with Crippen LogP contribution in [0.5, 0.6) is 0 Å². The second kappa shape index (κ2) is 8.78. The van der Waals surface area contributed by atoms with Crippen LogP contribution in [-0.4, -0.2) is 40.3 Å². The van der Waals surface area contributed by atoms with E-state index in [0.717, 1.165) is 21.7 Å². The van der Waals surface area contributed by atoms with Gasteiger partial charge in [0.15, 0.2) is 16.5 Å². The number of carbonyl (C=O) groups is 1. The summed E-state index contributed by atoms with van der Waals surface area (Å²) in [7, 11) is 1.82. The molecule has 0 unspecified atom stereocenters. The Kier molecular flexibility index (Phi) is 5.30. The maximum atomic E-state index is 13.4. The van der Waals surface area contributed by atoms with E-state index in [2.05, 4.69) is 30.5 Å². The van der Waals surface area contributed by atoms with Crippen LogP contribution in [0.1, 0.15) is 9.80 Å². The van der Waals surface area contributed by atoms with Crippen LogP contribution >= 0.6 is 11.3 Å². The van der Waals surface area contributed by atoms with Crippen molar-refractivity contribution in [3.63, 3.8) is 0 Å². The molecule has 0 radical (unpaired) electrons. The first-order chi connectivity index (χ1) is 17.5. The molecule has 0 atom stereocenters. The first kappa shape index (κ1) is 21.7. The monoisotopic (exact) mass is 496 g/mol. The number of imidazole rings is 1. The SMILES string of the molecule is Cn1cc(-c2ccc3nc(NC(=O)c4ncc(-c5ccccn5)s4)cn3n2)c(-c2ccc(F)cc2)n1. The van der Waals surface area contributed by atoms with Crippen LogP contribution in [0.15, 0.2) is 79.4 Å². The second-order valence-electron chi connectivity index (χ2n) is 7.92. The van der Waals surface area contributed by atoms with Crippen molar-refractivity contribution < 1.29 is 9.18 Å². The second-order valence-corrected chi connectivity index (χ2v) is 8.95. The maximum Gasteiger partial charge on any atom is 0.285 e. The molecule has 0 saturated heterocycles. The third-order valence-electron chi connectivity index (χ3n) is 5.40. The lowest BCUT2D eigenvalue weighted by atomic mass is 10.1. The molecule has 1 N–H and O–H groups in total. The lowest BCUT2D eigenvalue weighted by Crippen LogP contribution is -2.11. The van der Waals surface area contributed by atoms with Gasteiger partial charge in [0.25, 0.3) is 5.91 Å². The Morgan fingerprint density at radius 1 is 0.972 bits per heavy atom. The van der Waals surface area contributed by atoms with Crippen molar-refractivity contribution in [2.45, 2.75) is 0 Å². The average Bonchev–Trinajstić information content (AvgIpc) is 3.62. The summed E-state index contributed by atoms with van der Waals surface area (Å²) in [6, 6.07) is 15.4. The number of pyridine rings is 1. The van der Waals surface area contributed by atoms with Crippen LogP contribution in [0, 0.1) is 5.82 Å². The number of hydrogen-bond donors (Lipinski definition) is 1. The molecule has 0 spiro atoms. The van der Waals surface area contributed by atoms with E-state index in [1.165, 1.54) is 23.5 Å². The van der Waals surface area contributed by atoms with E-state index >= 15 is 0 Å². The van der Waals surface area contributed by atoms with Crippen molar-refractivity contribution in [1.29, 1.82) is 0 Å². The van der Waals surface area contributed by atoms with Gasteiger partial charge in [-0.3, -0.25) is 14.5 Å². The fourth-order valence-corrected chi connectivity index (χ4v) is 4.55. The topological polar surface area (TPSA) is 103 Å². The Hall–Kier alpha value is -4.77. The number of thiazole rings is 1. The number of benzene rings is 1. The van der Waals surface area contributed by atoms with Crippen LogP contribution in [0.4, 0.5) is 10.2 Å². The molecule has 1 amide bonds. The number of aryl methyl sites for hydroxylation is 1. The van der Waals surface area contributed by atoms with Crippen molar-refractivity contribution in [3.8, 4) is 33.1 Å². The van der Waals surface area contributed by atoms with E-state index in [0.29, 0.717) is 27.9 Å². The molecule has 5 aromatic heterocycles. The van der Waals surface area contributed by atoms with Crippen molar-refractivity contribution in [2.75, 3.05) is 5.32 Å². The molecule has 0 fully saturated rings. The first-order valence-corrected chi connectivity index (χ1v) is 11.7. The Bertz CT molecular complexity index is 1710. The molecular formula is C25H17FN8OS. The van der Waals surface area contributed by atoms with Gasteiger partial charge in [-0.05, 0) is 48.5 Å². The molecule has 176 valence electrons. The van der Waals surface area contributed by atoms with Crippen molar-refractivity contribution >= 4 is 28.7 Å². The van der Waals surface area contributed by atoms with E-state index in [9.17, 15) is 9.18 Å². The molecule has 6 aromatic rings. The highest BCUT2D eigenvalue weighted by Crippen LogP contribution is 2.30. The number of nitrogens with one attached hydrogen (secondary N) is 1. The first-order valence-electron chi connectivity index (χ1n) is 10.9. The summed E-state index contributed by atoms with van der Waals surface area (Å²) in [5, 5.41) is 12.3. The third-order valence-corrected chi connectivity index (χ3v) is 6.42. The molecule has 5 heterocycles. The van der Waals surface area contributed by atoms with Crippen LogP contribution in [-0.2, 0) is 7.05 Å². The Labute approximate surface area is 207 Å². The summed E-state index contributed by atoms with van der Waals surface area (Å²) in [5.74, 6) is -0.324. The highest BCUT2D eigenvalue weighted by atomic mass is 32.1. The number of amides is 1. The predicted molar refractivity (Wildman–Crippen MR) is 134 cm³/mol. The molecule has 0 aliphatic rings. The maximum absolute atomic E-state index is 13.4. The number of halogens is 1. The van der Waals surface area contributed by atoms with E-state index in [-0.39, 0.29) is 11.7 Å². The van der Waals surface area contributed by atoms with Crippen molar-refractivity contribution in [3.05, 3.63) is 90.2 Å². The van der Waals surface area contributed by atoms with Crippen LogP contribution in [0.25, 0.3) is 38.7 Å².